The minimum absolute atomic E-state index is 0.482. The van der Waals surface area contributed by atoms with Crippen molar-refractivity contribution in [1.82, 2.24) is 4.98 Å². The molecule has 0 saturated carbocycles. The van der Waals surface area contributed by atoms with Crippen LogP contribution in [0, 0.1) is 13.8 Å². The molecule has 168 valence electrons. The number of hydrogen-bond acceptors (Lipinski definition) is 5. The van der Waals surface area contributed by atoms with Crippen molar-refractivity contribution in [1.29, 1.82) is 0 Å². The molecule has 1 atom stereocenters. The Morgan fingerprint density at radius 1 is 1.25 bits per heavy atom. The molecule has 7 heteroatoms. The number of carboxylic acids is 1. The second-order valence-corrected chi connectivity index (χ2v) is 9.41. The van der Waals surface area contributed by atoms with E-state index < -0.39 is 17.7 Å². The van der Waals surface area contributed by atoms with Crippen molar-refractivity contribution >= 4 is 34.2 Å². The maximum absolute atomic E-state index is 12.4. The number of hydrogen-bond donors (Lipinski definition) is 2. The average Bonchev–Trinajstić information content (AvgIpc) is 2.71. The van der Waals surface area contributed by atoms with E-state index >= 15 is 0 Å². The molecule has 1 aliphatic rings. The van der Waals surface area contributed by atoms with E-state index in [-0.39, 0.29) is 0 Å². The van der Waals surface area contributed by atoms with Gasteiger partial charge in [0.05, 0.1) is 21.8 Å². The number of carboxylic acid groups (broad SMARTS) is 1. The van der Waals surface area contributed by atoms with Crippen molar-refractivity contribution < 1.29 is 19.4 Å². The predicted molar refractivity (Wildman–Crippen MR) is 127 cm³/mol. The Hall–Kier alpha value is -2.83. The van der Waals surface area contributed by atoms with Gasteiger partial charge in [0.15, 0.2) is 6.10 Å². The zero-order valence-corrected chi connectivity index (χ0v) is 19.6. The van der Waals surface area contributed by atoms with Gasteiger partial charge in [-0.3, -0.25) is 4.98 Å². The molecule has 6 nitrogen and oxygen atoms in total. The summed E-state index contributed by atoms with van der Waals surface area (Å²) in [6.07, 6.45) is -1.21. The number of aryl methyl sites for hydroxylation is 2. The van der Waals surface area contributed by atoms with Gasteiger partial charge in [-0.2, -0.15) is 0 Å². The minimum Gasteiger partial charge on any atom is -0.490 e. The van der Waals surface area contributed by atoms with Crippen LogP contribution in [-0.4, -0.2) is 34.8 Å². The van der Waals surface area contributed by atoms with Crippen LogP contribution < -0.4 is 10.1 Å². The first kappa shape index (κ1) is 22.4. The van der Waals surface area contributed by atoms with Crippen LogP contribution in [0.1, 0.15) is 43.7 Å². The van der Waals surface area contributed by atoms with Gasteiger partial charge in [0.25, 0.3) is 0 Å². The van der Waals surface area contributed by atoms with E-state index in [4.69, 9.17) is 26.1 Å². The highest BCUT2D eigenvalue weighted by molar-refractivity contribution is 6.37. The van der Waals surface area contributed by atoms with E-state index in [1.54, 1.807) is 0 Å². The van der Waals surface area contributed by atoms with Crippen LogP contribution in [-0.2, 0) is 9.53 Å². The van der Waals surface area contributed by atoms with Crippen LogP contribution in [0.15, 0.2) is 30.3 Å². The number of pyridine rings is 1. The van der Waals surface area contributed by atoms with Crippen molar-refractivity contribution in [3.05, 3.63) is 52.2 Å². The van der Waals surface area contributed by atoms with Crippen molar-refractivity contribution in [3.63, 3.8) is 0 Å². The number of aliphatic carboxylic acids is 1. The van der Waals surface area contributed by atoms with Gasteiger partial charge in [0, 0.05) is 34.3 Å². The zero-order chi connectivity index (χ0) is 23.2. The smallest absolute Gasteiger partial charge is 0.337 e. The van der Waals surface area contributed by atoms with E-state index in [0.717, 1.165) is 16.5 Å². The van der Waals surface area contributed by atoms with E-state index in [1.807, 2.05) is 65.0 Å². The summed E-state index contributed by atoms with van der Waals surface area (Å²) in [7, 11) is 0. The molecule has 0 unspecified atom stereocenters. The summed E-state index contributed by atoms with van der Waals surface area (Å²) >= 11 is 6.88. The largest absolute Gasteiger partial charge is 0.490 e. The molecule has 0 fully saturated rings. The Bertz CT molecular complexity index is 1220. The van der Waals surface area contributed by atoms with Crippen LogP contribution in [0.5, 0.6) is 5.75 Å². The number of carbonyl (C=O) groups is 1. The maximum atomic E-state index is 12.4. The Morgan fingerprint density at radius 3 is 2.69 bits per heavy atom. The van der Waals surface area contributed by atoms with Gasteiger partial charge >= 0.3 is 5.97 Å². The molecular weight excluding hydrogens is 428 g/mol. The molecule has 2 heterocycles. The fourth-order valence-electron chi connectivity index (χ4n) is 4.08. The first-order valence-electron chi connectivity index (χ1n) is 10.6. The molecule has 1 aromatic heterocycles. The molecule has 0 spiro atoms. The van der Waals surface area contributed by atoms with Crippen LogP contribution in [0.4, 0.5) is 5.69 Å². The van der Waals surface area contributed by atoms with Crippen LogP contribution in [0.2, 0.25) is 5.02 Å². The molecule has 2 aromatic carbocycles. The molecule has 4 rings (SSSR count). The van der Waals surface area contributed by atoms with Gasteiger partial charge in [-0.25, -0.2) is 4.79 Å². The van der Waals surface area contributed by atoms with Gasteiger partial charge in [0.2, 0.25) is 0 Å². The van der Waals surface area contributed by atoms with E-state index in [1.165, 1.54) is 0 Å². The topological polar surface area (TPSA) is 80.7 Å². The fourth-order valence-corrected chi connectivity index (χ4v) is 4.40. The number of benzene rings is 2. The Labute approximate surface area is 192 Å². The molecule has 0 aliphatic carbocycles. The van der Waals surface area contributed by atoms with E-state index in [9.17, 15) is 9.90 Å². The molecule has 0 bridgehead atoms. The van der Waals surface area contributed by atoms with Gasteiger partial charge < -0.3 is 19.9 Å². The normalized spacial score (nSPS) is 14.4. The Balaban J connectivity index is 2.08. The SMILES string of the molecule is Cc1ccc2c(-c3ccc4c(c3Cl)NCCO4)c([C@H](OC(C)(C)C)C(=O)O)c(C)nc2c1. The summed E-state index contributed by atoms with van der Waals surface area (Å²) in [5.74, 6) is -0.397. The summed E-state index contributed by atoms with van der Waals surface area (Å²) in [6.45, 7) is 10.5. The molecular formula is C25H27ClN2O4. The zero-order valence-electron chi connectivity index (χ0n) is 18.9. The van der Waals surface area contributed by atoms with Gasteiger partial charge in [-0.15, -0.1) is 0 Å². The highest BCUT2D eigenvalue weighted by Gasteiger charge is 2.33. The van der Waals surface area contributed by atoms with Gasteiger partial charge in [-0.05, 0) is 58.4 Å². The van der Waals surface area contributed by atoms with E-state index in [2.05, 4.69) is 5.32 Å². The molecule has 0 radical (unpaired) electrons. The van der Waals surface area contributed by atoms with Crippen molar-refractivity contribution in [2.75, 3.05) is 18.5 Å². The highest BCUT2D eigenvalue weighted by atomic mass is 35.5. The third-order valence-electron chi connectivity index (χ3n) is 5.36. The number of ether oxygens (including phenoxy) is 2. The molecule has 1 aliphatic heterocycles. The minimum atomic E-state index is -1.21. The lowest BCUT2D eigenvalue weighted by Crippen LogP contribution is -2.28. The predicted octanol–water partition coefficient (Wildman–Crippen LogP) is 5.92. The number of aromatic nitrogens is 1. The number of nitrogens with one attached hydrogen (secondary N) is 1. The number of anilines is 1. The maximum Gasteiger partial charge on any atom is 0.337 e. The van der Waals surface area contributed by atoms with Crippen molar-refractivity contribution in [2.45, 2.75) is 46.3 Å². The van der Waals surface area contributed by atoms with Crippen molar-refractivity contribution in [3.8, 4) is 16.9 Å². The van der Waals surface area contributed by atoms with E-state index in [0.29, 0.717) is 52.0 Å². The third kappa shape index (κ3) is 4.12. The highest BCUT2D eigenvalue weighted by Crippen LogP contribution is 2.46. The second-order valence-electron chi connectivity index (χ2n) is 9.03. The van der Waals surface area contributed by atoms with Gasteiger partial charge in [0.1, 0.15) is 12.4 Å². The summed E-state index contributed by atoms with van der Waals surface area (Å²) in [6, 6.07) is 9.68. The van der Waals surface area contributed by atoms with Crippen LogP contribution >= 0.6 is 11.6 Å². The third-order valence-corrected chi connectivity index (χ3v) is 5.75. The standard InChI is InChI=1S/C25H27ClN2O4/c1-13-6-7-15-17(12-13)28-14(2)19(23(24(29)30)32-25(3,4)5)20(15)16-8-9-18-22(21(16)26)27-10-11-31-18/h6-9,12,23,27H,10-11H2,1-5H3,(H,29,30)/t23-/m0/s1. The molecule has 2 N–H and O–H groups in total. The number of nitrogens with zero attached hydrogens (tertiary/aromatic N) is 1. The first-order chi connectivity index (χ1) is 15.1. The first-order valence-corrected chi connectivity index (χ1v) is 11.0. The Morgan fingerprint density at radius 2 is 2.00 bits per heavy atom. The lowest BCUT2D eigenvalue weighted by Gasteiger charge is -2.29. The number of fused-ring (bicyclic) bond motifs is 2. The van der Waals surface area contributed by atoms with Crippen molar-refractivity contribution in [2.24, 2.45) is 0 Å². The monoisotopic (exact) mass is 454 g/mol. The summed E-state index contributed by atoms with van der Waals surface area (Å²) in [5, 5.41) is 14.7. The fraction of sp³-hybridized carbons (Fsp3) is 0.360. The quantitative estimate of drug-likeness (QED) is 0.509. The average molecular weight is 455 g/mol. The molecule has 0 saturated heterocycles. The lowest BCUT2D eigenvalue weighted by molar-refractivity contribution is -0.160. The summed E-state index contributed by atoms with van der Waals surface area (Å²) in [4.78, 5) is 17.1. The summed E-state index contributed by atoms with van der Waals surface area (Å²) < 4.78 is 11.8. The molecule has 3 aromatic rings. The van der Waals surface area contributed by atoms with Crippen LogP contribution in [0.3, 0.4) is 0 Å². The number of halogens is 1. The molecule has 0 amide bonds. The second kappa shape index (κ2) is 8.26. The van der Waals surface area contributed by atoms with Gasteiger partial charge in [-0.1, -0.05) is 23.7 Å². The van der Waals surface area contributed by atoms with Crippen LogP contribution in [0.25, 0.3) is 22.0 Å². The molecule has 32 heavy (non-hydrogen) atoms. The Kier molecular flexibility index (Phi) is 5.77. The lowest BCUT2D eigenvalue weighted by atomic mass is 9.90. The summed E-state index contributed by atoms with van der Waals surface area (Å²) in [5.41, 5.74) is 4.39. The number of rotatable bonds is 4.